The second-order valence-electron chi connectivity index (χ2n) is 8.80. The number of amides is 1. The van der Waals surface area contributed by atoms with Gasteiger partial charge in [-0.15, -0.1) is 0 Å². The Hall–Kier alpha value is -3.52. The lowest BCUT2D eigenvalue weighted by Gasteiger charge is -2.38. The van der Waals surface area contributed by atoms with Crippen molar-refractivity contribution in [1.29, 1.82) is 0 Å². The normalized spacial score (nSPS) is 14.9. The highest BCUT2D eigenvalue weighted by Crippen LogP contribution is 2.31. The largest absolute Gasteiger partial charge is 0.497 e. The molecule has 0 aliphatic carbocycles. The second-order valence-corrected chi connectivity index (χ2v) is 8.80. The average molecular weight is 499 g/mol. The molecule has 1 aliphatic rings. The summed E-state index contributed by atoms with van der Waals surface area (Å²) < 4.78 is 49.0. The van der Waals surface area contributed by atoms with Gasteiger partial charge < -0.3 is 14.4 Å². The molecule has 0 atom stereocenters. The van der Waals surface area contributed by atoms with Gasteiger partial charge in [-0.1, -0.05) is 12.1 Å². The van der Waals surface area contributed by atoms with Gasteiger partial charge in [0.15, 0.2) is 0 Å². The van der Waals surface area contributed by atoms with E-state index in [9.17, 15) is 18.0 Å². The molecule has 4 rings (SSSR count). The lowest BCUT2D eigenvalue weighted by atomic mass is 10.00. The Morgan fingerprint density at radius 1 is 0.861 bits per heavy atom. The van der Waals surface area contributed by atoms with Crippen LogP contribution >= 0.6 is 0 Å². The minimum absolute atomic E-state index is 0.0168. The zero-order valence-electron chi connectivity index (χ0n) is 20.3. The van der Waals surface area contributed by atoms with Crippen LogP contribution in [0.2, 0.25) is 0 Å². The lowest BCUT2D eigenvalue weighted by Crippen LogP contribution is -2.47. The first-order chi connectivity index (χ1) is 17.3. The number of carbonyl (C=O) groups is 1. The molecule has 0 unspecified atom stereocenters. The maximum absolute atomic E-state index is 13.6. The van der Waals surface area contributed by atoms with E-state index in [1.54, 1.807) is 38.5 Å². The van der Waals surface area contributed by atoms with Gasteiger partial charge >= 0.3 is 6.18 Å². The highest BCUT2D eigenvalue weighted by Gasteiger charge is 2.31. The summed E-state index contributed by atoms with van der Waals surface area (Å²) in [6, 6.07) is 19.8. The first-order valence-corrected chi connectivity index (χ1v) is 11.8. The van der Waals surface area contributed by atoms with E-state index >= 15 is 0 Å². The molecular weight excluding hydrogens is 469 g/mol. The second kappa shape index (κ2) is 11.0. The van der Waals surface area contributed by atoms with E-state index in [1.165, 1.54) is 12.1 Å². The first-order valence-electron chi connectivity index (χ1n) is 11.8. The van der Waals surface area contributed by atoms with Gasteiger partial charge in [0.05, 0.1) is 19.8 Å². The molecule has 5 nitrogen and oxygen atoms in total. The van der Waals surface area contributed by atoms with Crippen LogP contribution in [-0.4, -0.2) is 44.2 Å². The van der Waals surface area contributed by atoms with Crippen molar-refractivity contribution in [2.45, 2.75) is 31.6 Å². The summed E-state index contributed by atoms with van der Waals surface area (Å²) in [4.78, 5) is 17.7. The third-order valence-electron chi connectivity index (χ3n) is 6.52. The Morgan fingerprint density at radius 2 is 1.39 bits per heavy atom. The number of hydrogen-bond acceptors (Lipinski definition) is 4. The number of carbonyl (C=O) groups excluding carboxylic acids is 1. The van der Waals surface area contributed by atoms with Gasteiger partial charge in [0.2, 0.25) is 0 Å². The predicted octanol–water partition coefficient (Wildman–Crippen LogP) is 6.03. The van der Waals surface area contributed by atoms with Crippen LogP contribution in [-0.2, 0) is 12.7 Å². The summed E-state index contributed by atoms with van der Waals surface area (Å²) in [5.41, 5.74) is 1.55. The van der Waals surface area contributed by atoms with Crippen molar-refractivity contribution in [2.75, 3.05) is 32.2 Å². The van der Waals surface area contributed by atoms with Gasteiger partial charge in [-0.05, 0) is 79.1 Å². The van der Waals surface area contributed by atoms with Crippen LogP contribution < -0.4 is 14.4 Å². The third kappa shape index (κ3) is 5.99. The zero-order valence-corrected chi connectivity index (χ0v) is 20.3. The van der Waals surface area contributed by atoms with Gasteiger partial charge in [0.1, 0.15) is 11.5 Å². The quantitative estimate of drug-likeness (QED) is 0.399. The summed E-state index contributed by atoms with van der Waals surface area (Å²) in [5, 5.41) is 0. The number of benzene rings is 3. The zero-order chi connectivity index (χ0) is 25.7. The highest BCUT2D eigenvalue weighted by molar-refractivity contribution is 6.06. The van der Waals surface area contributed by atoms with Crippen LogP contribution in [0.1, 0.15) is 34.3 Å². The number of ether oxygens (including phenoxy) is 2. The summed E-state index contributed by atoms with van der Waals surface area (Å²) >= 11 is 0. The van der Waals surface area contributed by atoms with E-state index in [0.717, 1.165) is 49.3 Å². The molecule has 0 bridgehead atoms. The summed E-state index contributed by atoms with van der Waals surface area (Å²) in [7, 11) is 3.18. The molecule has 0 spiro atoms. The molecule has 1 saturated heterocycles. The first kappa shape index (κ1) is 25.6. The van der Waals surface area contributed by atoms with Crippen molar-refractivity contribution in [2.24, 2.45) is 0 Å². The van der Waals surface area contributed by atoms with Crippen molar-refractivity contribution in [1.82, 2.24) is 4.90 Å². The fourth-order valence-electron chi connectivity index (χ4n) is 4.50. The van der Waals surface area contributed by atoms with Crippen LogP contribution in [0.3, 0.4) is 0 Å². The van der Waals surface area contributed by atoms with E-state index in [0.29, 0.717) is 23.6 Å². The Labute approximate surface area is 209 Å². The minimum atomic E-state index is -4.34. The van der Waals surface area contributed by atoms with Crippen LogP contribution in [0.15, 0.2) is 72.8 Å². The Morgan fingerprint density at radius 3 is 1.89 bits per heavy atom. The molecule has 1 heterocycles. The SMILES string of the molecule is COc1ccc(C(=O)N(c2ccc(OC)cc2)C2CCN(Cc3ccc(C(F)(F)F)cc3)CC2)cc1. The molecule has 8 heteroatoms. The summed E-state index contributed by atoms with van der Waals surface area (Å²) in [6.45, 7) is 2.03. The smallest absolute Gasteiger partial charge is 0.416 e. The third-order valence-corrected chi connectivity index (χ3v) is 6.52. The number of hydrogen-bond donors (Lipinski definition) is 0. The number of methoxy groups -OCH3 is 2. The van der Waals surface area contributed by atoms with Crippen molar-refractivity contribution in [3.63, 3.8) is 0 Å². The van der Waals surface area contributed by atoms with Gasteiger partial charge in [-0.3, -0.25) is 9.69 Å². The molecular formula is C28H29F3N2O3. The Bertz CT molecular complexity index is 1140. The minimum Gasteiger partial charge on any atom is -0.497 e. The lowest BCUT2D eigenvalue weighted by molar-refractivity contribution is -0.137. The topological polar surface area (TPSA) is 42.0 Å². The maximum Gasteiger partial charge on any atom is 0.416 e. The van der Waals surface area contributed by atoms with Crippen LogP contribution in [0.5, 0.6) is 11.5 Å². The summed E-state index contributed by atoms with van der Waals surface area (Å²) in [6.07, 6.45) is -2.85. The van der Waals surface area contributed by atoms with Crippen molar-refractivity contribution >= 4 is 11.6 Å². The molecule has 1 aliphatic heterocycles. The molecule has 3 aromatic carbocycles. The number of nitrogens with zero attached hydrogens (tertiary/aromatic N) is 2. The molecule has 3 aromatic rings. The maximum atomic E-state index is 13.6. The van der Waals surface area contributed by atoms with E-state index in [1.807, 2.05) is 29.2 Å². The van der Waals surface area contributed by atoms with E-state index < -0.39 is 11.7 Å². The van der Waals surface area contributed by atoms with Crippen LogP contribution in [0.4, 0.5) is 18.9 Å². The van der Waals surface area contributed by atoms with Crippen molar-refractivity contribution in [3.05, 3.63) is 89.5 Å². The van der Waals surface area contributed by atoms with Gasteiger partial charge in [-0.25, -0.2) is 0 Å². The fourth-order valence-corrected chi connectivity index (χ4v) is 4.50. The van der Waals surface area contributed by atoms with Crippen molar-refractivity contribution < 1.29 is 27.4 Å². The van der Waals surface area contributed by atoms with Crippen LogP contribution in [0.25, 0.3) is 0 Å². The van der Waals surface area contributed by atoms with E-state index in [-0.39, 0.29) is 11.9 Å². The van der Waals surface area contributed by atoms with E-state index in [4.69, 9.17) is 9.47 Å². The number of alkyl halides is 3. The number of piperidine rings is 1. The molecule has 1 fully saturated rings. The molecule has 0 radical (unpaired) electrons. The van der Waals surface area contributed by atoms with Crippen LogP contribution in [0, 0.1) is 0 Å². The van der Waals surface area contributed by atoms with Gasteiger partial charge in [-0.2, -0.15) is 13.2 Å². The molecule has 0 aromatic heterocycles. The molecule has 0 saturated carbocycles. The monoisotopic (exact) mass is 498 g/mol. The standard InChI is InChI=1S/C28H29F3N2O3/c1-35-25-11-5-21(6-12-25)27(34)33(23-9-13-26(36-2)14-10-23)24-15-17-32(18-16-24)19-20-3-7-22(8-4-20)28(29,30)31/h3-14,24H,15-19H2,1-2H3. The average Bonchev–Trinajstić information content (AvgIpc) is 2.90. The van der Waals surface area contributed by atoms with Crippen molar-refractivity contribution in [3.8, 4) is 11.5 Å². The summed E-state index contributed by atoms with van der Waals surface area (Å²) in [5.74, 6) is 1.30. The molecule has 1 amide bonds. The Kier molecular flexibility index (Phi) is 7.84. The number of halogens is 3. The predicted molar refractivity (Wildman–Crippen MR) is 133 cm³/mol. The highest BCUT2D eigenvalue weighted by atomic mass is 19.4. The molecule has 0 N–H and O–H groups in total. The molecule has 190 valence electrons. The number of anilines is 1. The number of likely N-dealkylation sites (tertiary alicyclic amines) is 1. The Balaban J connectivity index is 1.48. The fraction of sp³-hybridized carbons (Fsp3) is 0.321. The number of rotatable bonds is 7. The van der Waals surface area contributed by atoms with Gasteiger partial charge in [0, 0.05) is 36.9 Å². The van der Waals surface area contributed by atoms with E-state index in [2.05, 4.69) is 4.90 Å². The molecule has 36 heavy (non-hydrogen) atoms. The van der Waals surface area contributed by atoms with Gasteiger partial charge in [0.25, 0.3) is 5.91 Å².